The van der Waals surface area contributed by atoms with Crippen molar-refractivity contribution in [3.05, 3.63) is 70.7 Å². The number of hydrogen-bond donors (Lipinski definition) is 1. The van der Waals surface area contributed by atoms with Gasteiger partial charge < -0.3 is 5.32 Å². The zero-order valence-electron chi connectivity index (χ0n) is 14.2. The number of carbonyl (C=O) groups is 1. The summed E-state index contributed by atoms with van der Waals surface area (Å²) in [6, 6.07) is 16.0. The molecule has 1 N–H and O–H groups in total. The predicted octanol–water partition coefficient (Wildman–Crippen LogP) is 3.43. The summed E-state index contributed by atoms with van der Waals surface area (Å²) in [6.45, 7) is 2.18. The summed E-state index contributed by atoms with van der Waals surface area (Å²) in [6.07, 6.45) is 2.62. The number of rotatable bonds is 5. The summed E-state index contributed by atoms with van der Waals surface area (Å²) in [4.78, 5) is 17.7. The Morgan fingerprint density at radius 2 is 1.96 bits per heavy atom. The number of aryl methyl sites for hydroxylation is 1. The Kier molecular flexibility index (Phi) is 4.45. The fourth-order valence-electron chi connectivity index (χ4n) is 2.68. The average molecular weight is 363 g/mol. The minimum atomic E-state index is -0.170. The van der Waals surface area contributed by atoms with E-state index in [0.717, 1.165) is 22.3 Å². The first-order valence-electron chi connectivity index (χ1n) is 8.26. The molecule has 0 aliphatic rings. The number of benzene rings is 2. The first kappa shape index (κ1) is 16.4. The Morgan fingerprint density at radius 3 is 2.81 bits per heavy atom. The molecular formula is C19H17N5OS. The van der Waals surface area contributed by atoms with Crippen molar-refractivity contribution >= 4 is 33.4 Å². The predicted molar refractivity (Wildman–Crippen MR) is 102 cm³/mol. The van der Waals surface area contributed by atoms with Crippen LogP contribution in [-0.4, -0.2) is 25.9 Å². The van der Waals surface area contributed by atoms with Crippen molar-refractivity contribution in [3.63, 3.8) is 0 Å². The maximum Gasteiger partial charge on any atom is 0.247 e. The largest absolute Gasteiger partial charge is 0.300 e. The molecule has 2 aromatic heterocycles. The standard InChI is InChI=1S/C19H17N5OS/c1-13-6-8-14(9-7-13)10-15-11-20-19(26-15)21-18(25)12-24-17-5-3-2-4-16(17)22-23-24/h2-9,11H,10,12H2,1H3,(H,20,21,25). The Morgan fingerprint density at radius 1 is 1.15 bits per heavy atom. The second kappa shape index (κ2) is 7.05. The van der Waals surface area contributed by atoms with E-state index in [1.807, 2.05) is 30.5 Å². The van der Waals surface area contributed by atoms with Crippen LogP contribution < -0.4 is 5.32 Å². The van der Waals surface area contributed by atoms with Gasteiger partial charge >= 0.3 is 0 Å². The minimum Gasteiger partial charge on any atom is -0.300 e. The number of amides is 1. The molecule has 0 aliphatic heterocycles. The lowest BCUT2D eigenvalue weighted by Crippen LogP contribution is -2.19. The van der Waals surface area contributed by atoms with Gasteiger partial charge in [-0.15, -0.1) is 16.4 Å². The molecule has 0 unspecified atom stereocenters. The number of thiazole rings is 1. The maximum atomic E-state index is 12.3. The molecule has 4 rings (SSSR count). The lowest BCUT2D eigenvalue weighted by atomic mass is 10.1. The molecule has 0 spiro atoms. The summed E-state index contributed by atoms with van der Waals surface area (Å²) >= 11 is 1.49. The van der Waals surface area contributed by atoms with Crippen molar-refractivity contribution < 1.29 is 4.79 Å². The molecule has 0 bridgehead atoms. The average Bonchev–Trinajstić information content (AvgIpc) is 3.24. The summed E-state index contributed by atoms with van der Waals surface area (Å²) < 4.78 is 1.59. The van der Waals surface area contributed by atoms with E-state index >= 15 is 0 Å². The topological polar surface area (TPSA) is 72.7 Å². The van der Waals surface area contributed by atoms with Gasteiger partial charge in [-0.3, -0.25) is 4.79 Å². The maximum absolute atomic E-state index is 12.3. The van der Waals surface area contributed by atoms with E-state index in [2.05, 4.69) is 51.8 Å². The molecule has 2 aromatic carbocycles. The van der Waals surface area contributed by atoms with Gasteiger partial charge in [0.1, 0.15) is 12.1 Å². The minimum absolute atomic E-state index is 0.105. The number of hydrogen-bond acceptors (Lipinski definition) is 5. The highest BCUT2D eigenvalue weighted by Gasteiger charge is 2.11. The van der Waals surface area contributed by atoms with Crippen LogP contribution in [-0.2, 0) is 17.8 Å². The number of carbonyl (C=O) groups excluding carboxylic acids is 1. The summed E-state index contributed by atoms with van der Waals surface area (Å²) in [5.74, 6) is -0.170. The smallest absolute Gasteiger partial charge is 0.247 e. The highest BCUT2D eigenvalue weighted by atomic mass is 32.1. The van der Waals surface area contributed by atoms with Crippen molar-refractivity contribution in [3.8, 4) is 0 Å². The highest BCUT2D eigenvalue weighted by molar-refractivity contribution is 7.15. The first-order valence-corrected chi connectivity index (χ1v) is 9.07. The fourth-order valence-corrected chi connectivity index (χ4v) is 3.55. The lowest BCUT2D eigenvalue weighted by Gasteiger charge is -2.02. The zero-order valence-corrected chi connectivity index (χ0v) is 15.0. The molecule has 0 saturated heterocycles. The van der Waals surface area contributed by atoms with Crippen molar-refractivity contribution in [2.24, 2.45) is 0 Å². The third-order valence-electron chi connectivity index (χ3n) is 4.01. The van der Waals surface area contributed by atoms with Gasteiger partial charge in [0.2, 0.25) is 5.91 Å². The number of fused-ring (bicyclic) bond motifs is 1. The van der Waals surface area contributed by atoms with Gasteiger partial charge in [0.15, 0.2) is 5.13 Å². The van der Waals surface area contributed by atoms with Crippen LogP contribution in [0.15, 0.2) is 54.7 Å². The Hall–Kier alpha value is -3.06. The lowest BCUT2D eigenvalue weighted by molar-refractivity contribution is -0.116. The number of nitrogens with one attached hydrogen (secondary N) is 1. The molecule has 26 heavy (non-hydrogen) atoms. The van der Waals surface area contributed by atoms with Crippen molar-refractivity contribution in [1.82, 2.24) is 20.0 Å². The van der Waals surface area contributed by atoms with Crippen molar-refractivity contribution in [2.75, 3.05) is 5.32 Å². The number of nitrogens with zero attached hydrogens (tertiary/aromatic N) is 4. The van der Waals surface area contributed by atoms with Gasteiger partial charge in [-0.1, -0.05) is 47.2 Å². The molecule has 0 radical (unpaired) electrons. The molecule has 4 aromatic rings. The Balaban J connectivity index is 1.40. The fraction of sp³-hybridized carbons (Fsp3) is 0.158. The molecule has 6 nitrogen and oxygen atoms in total. The van der Waals surface area contributed by atoms with E-state index in [0.29, 0.717) is 5.13 Å². The number of para-hydroxylation sites is 1. The van der Waals surface area contributed by atoms with Gasteiger partial charge in [0.05, 0.1) is 5.52 Å². The summed E-state index contributed by atoms with van der Waals surface area (Å²) in [5.41, 5.74) is 4.08. The summed E-state index contributed by atoms with van der Waals surface area (Å²) in [5, 5.41) is 11.5. The van der Waals surface area contributed by atoms with Gasteiger partial charge in [-0.2, -0.15) is 0 Å². The molecule has 7 heteroatoms. The molecule has 0 atom stereocenters. The van der Waals surface area contributed by atoms with Crippen LogP contribution in [0.5, 0.6) is 0 Å². The van der Waals surface area contributed by atoms with E-state index < -0.39 is 0 Å². The van der Waals surface area contributed by atoms with E-state index in [-0.39, 0.29) is 12.5 Å². The molecule has 0 fully saturated rings. The van der Waals surface area contributed by atoms with Crippen LogP contribution >= 0.6 is 11.3 Å². The van der Waals surface area contributed by atoms with E-state index in [1.54, 1.807) is 4.68 Å². The van der Waals surface area contributed by atoms with Gasteiger partial charge in [-0.05, 0) is 24.6 Å². The number of anilines is 1. The molecule has 0 aliphatic carbocycles. The third kappa shape index (κ3) is 3.62. The van der Waals surface area contributed by atoms with Crippen LogP contribution in [0.1, 0.15) is 16.0 Å². The Labute approximate surface area is 154 Å². The molecule has 0 saturated carbocycles. The Bertz CT molecular complexity index is 1050. The van der Waals surface area contributed by atoms with Crippen molar-refractivity contribution in [1.29, 1.82) is 0 Å². The summed E-state index contributed by atoms with van der Waals surface area (Å²) in [7, 11) is 0. The van der Waals surface area contributed by atoms with Crippen molar-refractivity contribution in [2.45, 2.75) is 19.9 Å². The van der Waals surface area contributed by atoms with Gasteiger partial charge in [-0.25, -0.2) is 9.67 Å². The van der Waals surface area contributed by atoms with E-state index in [1.165, 1.54) is 22.5 Å². The normalized spacial score (nSPS) is 11.0. The monoisotopic (exact) mass is 363 g/mol. The highest BCUT2D eigenvalue weighted by Crippen LogP contribution is 2.21. The third-order valence-corrected chi connectivity index (χ3v) is 4.93. The quantitative estimate of drug-likeness (QED) is 0.590. The SMILES string of the molecule is Cc1ccc(Cc2cnc(NC(=O)Cn3nnc4ccccc43)s2)cc1. The molecule has 1 amide bonds. The van der Waals surface area contributed by atoms with Crippen LogP contribution in [0, 0.1) is 6.92 Å². The van der Waals surface area contributed by atoms with E-state index in [4.69, 9.17) is 0 Å². The van der Waals surface area contributed by atoms with Crippen LogP contribution in [0.3, 0.4) is 0 Å². The molecular weight excluding hydrogens is 346 g/mol. The van der Waals surface area contributed by atoms with Gasteiger partial charge in [0.25, 0.3) is 0 Å². The molecule has 130 valence electrons. The van der Waals surface area contributed by atoms with Crippen LogP contribution in [0.25, 0.3) is 11.0 Å². The van der Waals surface area contributed by atoms with Gasteiger partial charge in [0, 0.05) is 17.5 Å². The van der Waals surface area contributed by atoms with Crippen LogP contribution in [0.4, 0.5) is 5.13 Å². The second-order valence-corrected chi connectivity index (χ2v) is 7.19. The second-order valence-electron chi connectivity index (χ2n) is 6.08. The molecule has 2 heterocycles. The zero-order chi connectivity index (χ0) is 17.9. The number of aromatic nitrogens is 4. The van der Waals surface area contributed by atoms with Crippen LogP contribution in [0.2, 0.25) is 0 Å². The first-order chi connectivity index (χ1) is 12.7. The van der Waals surface area contributed by atoms with E-state index in [9.17, 15) is 4.79 Å².